The van der Waals surface area contributed by atoms with Crippen LogP contribution in [0.3, 0.4) is 0 Å². The Morgan fingerprint density at radius 2 is 1.53 bits per heavy atom. The van der Waals surface area contributed by atoms with Gasteiger partial charge in [-0.2, -0.15) is 0 Å². The van der Waals surface area contributed by atoms with Gasteiger partial charge in [0.25, 0.3) is 0 Å². The number of hydrogen-bond acceptors (Lipinski definition) is 6. The van der Waals surface area contributed by atoms with E-state index in [2.05, 4.69) is 4.98 Å². The number of aliphatic hydroxyl groups excluding tert-OH is 2. The number of pyridine rings is 1. The second-order valence-corrected chi connectivity index (χ2v) is 7.54. The molecular weight excluding hydrogens is 406 g/mol. The summed E-state index contributed by atoms with van der Waals surface area (Å²) in [5.41, 5.74) is 2.24. The van der Waals surface area contributed by atoms with E-state index in [-0.39, 0.29) is 13.2 Å². The standard InChI is InChI=1S/C26H31NO5/c1-3-26(24(29)16-28,32-18-21-12-8-5-9-13-21)23-14-15-27-25(30-2)22(23)19-31-17-20-10-6-4-7-11-20/h4-15,24,28-29H,3,16-19H2,1-2H3/t24-,26?/m0/s1. The van der Waals surface area contributed by atoms with Crippen molar-refractivity contribution in [3.63, 3.8) is 0 Å². The van der Waals surface area contributed by atoms with Crippen LogP contribution in [0.1, 0.15) is 35.6 Å². The highest BCUT2D eigenvalue weighted by atomic mass is 16.5. The van der Waals surface area contributed by atoms with Crippen LogP contribution in [0.25, 0.3) is 0 Å². The van der Waals surface area contributed by atoms with Gasteiger partial charge < -0.3 is 24.4 Å². The molecule has 1 heterocycles. The highest BCUT2D eigenvalue weighted by Gasteiger charge is 2.41. The van der Waals surface area contributed by atoms with Gasteiger partial charge in [0.2, 0.25) is 5.88 Å². The molecule has 6 nitrogen and oxygen atoms in total. The second kappa shape index (κ2) is 11.7. The lowest BCUT2D eigenvalue weighted by Gasteiger charge is -2.38. The van der Waals surface area contributed by atoms with Crippen molar-refractivity contribution >= 4 is 0 Å². The molecule has 3 rings (SSSR count). The summed E-state index contributed by atoms with van der Waals surface area (Å²) in [6.07, 6.45) is 0.909. The van der Waals surface area contributed by atoms with Crippen molar-refractivity contribution in [1.82, 2.24) is 4.98 Å². The van der Waals surface area contributed by atoms with Gasteiger partial charge in [-0.3, -0.25) is 0 Å². The fourth-order valence-corrected chi connectivity index (χ4v) is 3.85. The van der Waals surface area contributed by atoms with E-state index in [0.717, 1.165) is 11.1 Å². The molecule has 0 radical (unpaired) electrons. The number of benzene rings is 2. The average molecular weight is 438 g/mol. The fourth-order valence-electron chi connectivity index (χ4n) is 3.85. The van der Waals surface area contributed by atoms with Crippen LogP contribution in [-0.2, 0) is 34.9 Å². The zero-order valence-corrected chi connectivity index (χ0v) is 18.6. The maximum atomic E-state index is 10.9. The summed E-state index contributed by atoms with van der Waals surface area (Å²) in [5, 5.41) is 20.8. The highest BCUT2D eigenvalue weighted by Crippen LogP contribution is 2.39. The monoisotopic (exact) mass is 437 g/mol. The first-order valence-corrected chi connectivity index (χ1v) is 10.8. The second-order valence-electron chi connectivity index (χ2n) is 7.54. The summed E-state index contributed by atoms with van der Waals surface area (Å²) in [6, 6.07) is 21.4. The van der Waals surface area contributed by atoms with Crippen LogP contribution in [0, 0.1) is 0 Å². The van der Waals surface area contributed by atoms with Crippen LogP contribution in [-0.4, -0.2) is 35.0 Å². The maximum absolute atomic E-state index is 10.9. The van der Waals surface area contributed by atoms with Crippen LogP contribution in [0.2, 0.25) is 0 Å². The van der Waals surface area contributed by atoms with E-state index in [0.29, 0.717) is 30.0 Å². The summed E-state index contributed by atoms with van der Waals surface area (Å²) >= 11 is 0. The van der Waals surface area contributed by atoms with Crippen molar-refractivity contribution in [1.29, 1.82) is 0 Å². The van der Waals surface area contributed by atoms with Crippen molar-refractivity contribution < 1.29 is 24.4 Å². The van der Waals surface area contributed by atoms with E-state index in [4.69, 9.17) is 14.2 Å². The molecule has 170 valence electrons. The van der Waals surface area contributed by atoms with Crippen LogP contribution >= 0.6 is 0 Å². The van der Waals surface area contributed by atoms with E-state index < -0.39 is 18.3 Å². The summed E-state index contributed by atoms with van der Waals surface area (Å²) in [7, 11) is 1.55. The molecule has 2 N–H and O–H groups in total. The molecule has 1 aromatic heterocycles. The molecule has 32 heavy (non-hydrogen) atoms. The Morgan fingerprint density at radius 3 is 2.09 bits per heavy atom. The van der Waals surface area contributed by atoms with E-state index in [9.17, 15) is 10.2 Å². The maximum Gasteiger partial charge on any atom is 0.218 e. The van der Waals surface area contributed by atoms with Crippen molar-refractivity contribution in [2.75, 3.05) is 13.7 Å². The van der Waals surface area contributed by atoms with Crippen LogP contribution < -0.4 is 4.74 Å². The molecule has 0 aliphatic carbocycles. The Kier molecular flexibility index (Phi) is 8.76. The lowest BCUT2D eigenvalue weighted by atomic mass is 9.83. The molecule has 2 atom stereocenters. The molecule has 0 saturated carbocycles. The topological polar surface area (TPSA) is 81.0 Å². The Morgan fingerprint density at radius 1 is 0.906 bits per heavy atom. The summed E-state index contributed by atoms with van der Waals surface area (Å²) in [5.74, 6) is 0.404. The number of hydrogen-bond donors (Lipinski definition) is 2. The molecular formula is C26H31NO5. The zero-order chi connectivity index (χ0) is 22.8. The molecule has 3 aromatic rings. The minimum Gasteiger partial charge on any atom is -0.481 e. The predicted octanol–water partition coefficient (Wildman–Crippen LogP) is 3.98. The minimum atomic E-state index is -1.16. The fraction of sp³-hybridized carbons (Fsp3) is 0.346. The van der Waals surface area contributed by atoms with Crippen LogP contribution in [0.5, 0.6) is 5.88 Å². The van der Waals surface area contributed by atoms with Crippen molar-refractivity contribution in [2.45, 2.75) is 44.9 Å². The summed E-state index contributed by atoms with van der Waals surface area (Å²) in [6.45, 7) is 2.39. The van der Waals surface area contributed by atoms with E-state index in [1.54, 1.807) is 19.4 Å². The van der Waals surface area contributed by atoms with Gasteiger partial charge in [0, 0.05) is 11.8 Å². The molecule has 1 unspecified atom stereocenters. The minimum absolute atomic E-state index is 0.218. The predicted molar refractivity (Wildman–Crippen MR) is 122 cm³/mol. The van der Waals surface area contributed by atoms with Gasteiger partial charge in [0.05, 0.1) is 33.5 Å². The third kappa shape index (κ3) is 5.53. The van der Waals surface area contributed by atoms with E-state index in [1.807, 2.05) is 67.6 Å². The lowest BCUT2D eigenvalue weighted by molar-refractivity contribution is -0.154. The molecule has 2 aromatic carbocycles. The number of aromatic nitrogens is 1. The third-order valence-corrected chi connectivity index (χ3v) is 5.60. The number of methoxy groups -OCH3 is 1. The average Bonchev–Trinajstić information content (AvgIpc) is 2.86. The first kappa shape index (κ1) is 23.9. The first-order valence-electron chi connectivity index (χ1n) is 10.8. The van der Waals surface area contributed by atoms with Crippen LogP contribution in [0.4, 0.5) is 0 Å². The zero-order valence-electron chi connectivity index (χ0n) is 18.6. The first-order chi connectivity index (χ1) is 15.6. The quantitative estimate of drug-likeness (QED) is 0.446. The van der Waals surface area contributed by atoms with E-state index in [1.165, 1.54) is 0 Å². The van der Waals surface area contributed by atoms with Gasteiger partial charge in [-0.05, 0) is 29.2 Å². The van der Waals surface area contributed by atoms with Gasteiger partial charge in [-0.1, -0.05) is 67.6 Å². The van der Waals surface area contributed by atoms with Crippen LogP contribution in [0.15, 0.2) is 72.9 Å². The number of ether oxygens (including phenoxy) is 3. The SMILES string of the molecule is CCC(OCc1ccccc1)(c1ccnc(OC)c1COCc1ccccc1)[C@@H](O)CO. The molecule has 6 heteroatoms. The number of rotatable bonds is 12. The highest BCUT2D eigenvalue weighted by molar-refractivity contribution is 5.39. The molecule has 0 fully saturated rings. The van der Waals surface area contributed by atoms with Gasteiger partial charge in [0.1, 0.15) is 11.7 Å². The molecule has 0 spiro atoms. The Hall–Kier alpha value is -2.77. The number of aliphatic hydroxyl groups is 2. The Labute approximate surface area is 189 Å². The van der Waals surface area contributed by atoms with Gasteiger partial charge in [-0.15, -0.1) is 0 Å². The van der Waals surface area contributed by atoms with E-state index >= 15 is 0 Å². The number of nitrogens with zero attached hydrogens (tertiary/aromatic N) is 1. The lowest BCUT2D eigenvalue weighted by Crippen LogP contribution is -2.44. The molecule has 0 aliphatic heterocycles. The third-order valence-electron chi connectivity index (χ3n) is 5.60. The normalized spacial score (nSPS) is 14.0. The summed E-state index contributed by atoms with van der Waals surface area (Å²) in [4.78, 5) is 4.33. The van der Waals surface area contributed by atoms with Crippen molar-refractivity contribution in [3.8, 4) is 5.88 Å². The molecule has 0 bridgehead atoms. The molecule has 0 aliphatic rings. The van der Waals surface area contributed by atoms with Crippen molar-refractivity contribution in [2.24, 2.45) is 0 Å². The Balaban J connectivity index is 1.93. The van der Waals surface area contributed by atoms with Gasteiger partial charge >= 0.3 is 0 Å². The summed E-state index contributed by atoms with van der Waals surface area (Å²) < 4.78 is 17.9. The Bertz CT molecular complexity index is 951. The van der Waals surface area contributed by atoms with Gasteiger partial charge in [-0.25, -0.2) is 4.98 Å². The smallest absolute Gasteiger partial charge is 0.218 e. The molecule has 0 amide bonds. The van der Waals surface area contributed by atoms with Crippen molar-refractivity contribution in [3.05, 3.63) is 95.2 Å². The molecule has 0 saturated heterocycles. The largest absolute Gasteiger partial charge is 0.481 e. The van der Waals surface area contributed by atoms with Gasteiger partial charge in [0.15, 0.2) is 0 Å².